The minimum atomic E-state index is 0.186. The maximum atomic E-state index is 6.45. The zero-order valence-corrected chi connectivity index (χ0v) is 29.9. The summed E-state index contributed by atoms with van der Waals surface area (Å²) in [5.41, 5.74) is 16.9. The molecule has 2 aromatic heterocycles. The Kier molecular flexibility index (Phi) is 6.43. The molecule has 1 unspecified atom stereocenters. The number of furan rings is 1. The number of benzene rings is 9. The monoisotopic (exact) mass is 699 g/mol. The van der Waals surface area contributed by atoms with Gasteiger partial charge >= 0.3 is 0 Å². The second-order valence-corrected chi connectivity index (χ2v) is 14.8. The topological polar surface area (TPSA) is 18.1 Å². The van der Waals surface area contributed by atoms with Crippen LogP contribution in [0.15, 0.2) is 199 Å². The van der Waals surface area contributed by atoms with Gasteiger partial charge in [-0.15, -0.1) is 0 Å². The minimum absolute atomic E-state index is 0.186. The SMILES string of the molecule is c1ccc(-c2ccc(-n3c4ccc(-c5ccc6c(c5)-c5ccccc5C6c5cccc6ccccc56)cc4c4cc5oc6ccccc6c5cc43)cc2)cc1. The molecule has 0 N–H and O–H groups in total. The number of fused-ring (bicyclic) bond motifs is 10. The maximum absolute atomic E-state index is 6.45. The molecule has 0 bridgehead atoms. The fourth-order valence-corrected chi connectivity index (χ4v) is 9.35. The Balaban J connectivity index is 1.05. The van der Waals surface area contributed by atoms with Gasteiger partial charge < -0.3 is 8.98 Å². The van der Waals surface area contributed by atoms with Gasteiger partial charge in [-0.05, 0) is 109 Å². The average Bonchev–Trinajstić information content (AvgIpc) is 3.89. The summed E-state index contributed by atoms with van der Waals surface area (Å²) in [5.74, 6) is 0.186. The third kappa shape index (κ3) is 4.55. The highest BCUT2D eigenvalue weighted by Crippen LogP contribution is 2.50. The predicted octanol–water partition coefficient (Wildman–Crippen LogP) is 14.3. The van der Waals surface area contributed by atoms with Gasteiger partial charge in [0.15, 0.2) is 0 Å². The number of nitrogens with zero attached hydrogens (tertiary/aromatic N) is 1. The molecule has 256 valence electrons. The van der Waals surface area contributed by atoms with E-state index in [2.05, 4.69) is 193 Å². The fraction of sp³-hybridized carbons (Fsp3) is 0.0189. The van der Waals surface area contributed by atoms with Crippen molar-refractivity contribution >= 4 is 54.5 Å². The Bertz CT molecular complexity index is 3300. The summed E-state index contributed by atoms with van der Waals surface area (Å²) in [4.78, 5) is 0. The Morgan fingerprint density at radius 3 is 1.91 bits per heavy atom. The molecular weight excluding hydrogens is 667 g/mol. The molecule has 0 saturated carbocycles. The van der Waals surface area contributed by atoms with E-state index in [1.54, 1.807) is 0 Å². The molecule has 9 aromatic carbocycles. The molecule has 55 heavy (non-hydrogen) atoms. The predicted molar refractivity (Wildman–Crippen MR) is 229 cm³/mol. The summed E-state index contributed by atoms with van der Waals surface area (Å²) in [5, 5.41) is 7.25. The van der Waals surface area contributed by atoms with E-state index in [0.717, 1.165) is 27.6 Å². The highest BCUT2D eigenvalue weighted by molar-refractivity contribution is 6.17. The van der Waals surface area contributed by atoms with Gasteiger partial charge in [0.2, 0.25) is 0 Å². The van der Waals surface area contributed by atoms with E-state index in [1.165, 1.54) is 82.6 Å². The average molecular weight is 700 g/mol. The molecule has 0 fully saturated rings. The third-order valence-electron chi connectivity index (χ3n) is 11.9. The first-order valence-corrected chi connectivity index (χ1v) is 19.0. The van der Waals surface area contributed by atoms with Crippen LogP contribution in [0.3, 0.4) is 0 Å². The molecule has 12 rings (SSSR count). The number of rotatable bonds is 4. The van der Waals surface area contributed by atoms with E-state index >= 15 is 0 Å². The standard InChI is InChI=1S/C53H33NO/c1-2-11-33(12-3-1)34-21-25-38(26-22-34)54-49-28-24-37(30-46(49)47-32-52-48(31-50(47)54)41-17-8-9-20-51(41)55-52)36-23-27-44-45(29-36)40-16-6-7-18-43(40)53(44)42-19-10-14-35-13-4-5-15-39(35)42/h1-32,53H. The molecule has 0 spiro atoms. The largest absolute Gasteiger partial charge is 0.456 e. The second-order valence-electron chi connectivity index (χ2n) is 14.8. The van der Waals surface area contributed by atoms with Gasteiger partial charge in [0.1, 0.15) is 11.2 Å². The Hall–Kier alpha value is -7.16. The van der Waals surface area contributed by atoms with Gasteiger partial charge in [0, 0.05) is 33.2 Å². The van der Waals surface area contributed by atoms with Crippen LogP contribution in [0.1, 0.15) is 22.6 Å². The van der Waals surface area contributed by atoms with Crippen molar-refractivity contribution in [3.8, 4) is 39.1 Å². The van der Waals surface area contributed by atoms with Crippen LogP contribution in [-0.2, 0) is 0 Å². The number of para-hydroxylation sites is 1. The lowest BCUT2D eigenvalue weighted by Crippen LogP contribution is -2.00. The Morgan fingerprint density at radius 2 is 1.00 bits per heavy atom. The summed E-state index contributed by atoms with van der Waals surface area (Å²) >= 11 is 0. The summed E-state index contributed by atoms with van der Waals surface area (Å²) in [7, 11) is 0. The summed E-state index contributed by atoms with van der Waals surface area (Å²) < 4.78 is 8.87. The smallest absolute Gasteiger partial charge is 0.136 e. The van der Waals surface area contributed by atoms with Gasteiger partial charge in [0.05, 0.1) is 11.0 Å². The van der Waals surface area contributed by atoms with E-state index < -0.39 is 0 Å². The lowest BCUT2D eigenvalue weighted by Gasteiger charge is -2.17. The zero-order valence-electron chi connectivity index (χ0n) is 29.9. The van der Waals surface area contributed by atoms with Crippen molar-refractivity contribution in [2.75, 3.05) is 0 Å². The molecule has 0 amide bonds. The molecule has 1 atom stereocenters. The first kappa shape index (κ1) is 30.3. The van der Waals surface area contributed by atoms with Crippen molar-refractivity contribution in [2.24, 2.45) is 0 Å². The van der Waals surface area contributed by atoms with Gasteiger partial charge in [0.25, 0.3) is 0 Å². The molecule has 0 radical (unpaired) electrons. The lowest BCUT2D eigenvalue weighted by molar-refractivity contribution is 0.669. The molecular formula is C53H33NO. The van der Waals surface area contributed by atoms with Crippen LogP contribution in [0.25, 0.3) is 93.6 Å². The highest BCUT2D eigenvalue weighted by atomic mass is 16.3. The summed E-state index contributed by atoms with van der Waals surface area (Å²) in [6, 6.07) is 71.0. The maximum Gasteiger partial charge on any atom is 0.136 e. The van der Waals surface area contributed by atoms with Crippen molar-refractivity contribution in [1.29, 1.82) is 0 Å². The van der Waals surface area contributed by atoms with E-state index in [1.807, 2.05) is 6.07 Å². The number of hydrogen-bond acceptors (Lipinski definition) is 1. The van der Waals surface area contributed by atoms with E-state index in [4.69, 9.17) is 4.42 Å². The highest BCUT2D eigenvalue weighted by Gasteiger charge is 2.31. The van der Waals surface area contributed by atoms with Crippen LogP contribution in [0.2, 0.25) is 0 Å². The fourth-order valence-electron chi connectivity index (χ4n) is 9.35. The van der Waals surface area contributed by atoms with E-state index in [0.29, 0.717) is 0 Å². The number of hydrogen-bond donors (Lipinski definition) is 0. The van der Waals surface area contributed by atoms with Crippen molar-refractivity contribution in [3.63, 3.8) is 0 Å². The van der Waals surface area contributed by atoms with Crippen LogP contribution >= 0.6 is 0 Å². The normalized spacial score (nSPS) is 13.6. The minimum Gasteiger partial charge on any atom is -0.456 e. The molecule has 2 heteroatoms. The summed E-state index contributed by atoms with van der Waals surface area (Å²) in [6.45, 7) is 0. The van der Waals surface area contributed by atoms with Crippen molar-refractivity contribution in [2.45, 2.75) is 5.92 Å². The quantitative estimate of drug-likeness (QED) is 0.179. The molecule has 2 nitrogen and oxygen atoms in total. The van der Waals surface area contributed by atoms with Crippen molar-refractivity contribution < 1.29 is 4.42 Å². The van der Waals surface area contributed by atoms with Gasteiger partial charge in [-0.2, -0.15) is 0 Å². The molecule has 0 aliphatic heterocycles. The van der Waals surface area contributed by atoms with E-state index in [-0.39, 0.29) is 5.92 Å². The third-order valence-corrected chi connectivity index (χ3v) is 11.9. The van der Waals surface area contributed by atoms with Crippen molar-refractivity contribution in [3.05, 3.63) is 211 Å². The van der Waals surface area contributed by atoms with E-state index in [9.17, 15) is 0 Å². The van der Waals surface area contributed by atoms with Gasteiger partial charge in [-0.1, -0.05) is 146 Å². The van der Waals surface area contributed by atoms with Crippen LogP contribution in [0, 0.1) is 0 Å². The molecule has 1 aliphatic carbocycles. The lowest BCUT2D eigenvalue weighted by atomic mass is 9.86. The molecule has 0 saturated heterocycles. The van der Waals surface area contributed by atoms with Gasteiger partial charge in [-0.25, -0.2) is 0 Å². The van der Waals surface area contributed by atoms with Crippen LogP contribution in [0.4, 0.5) is 0 Å². The first-order valence-electron chi connectivity index (χ1n) is 19.0. The Labute approximate surface area is 318 Å². The number of aromatic nitrogens is 1. The second kappa shape index (κ2) is 11.7. The molecule has 11 aromatic rings. The summed E-state index contributed by atoms with van der Waals surface area (Å²) in [6.07, 6.45) is 0. The van der Waals surface area contributed by atoms with Crippen LogP contribution in [0.5, 0.6) is 0 Å². The molecule has 2 heterocycles. The first-order chi connectivity index (χ1) is 27.3. The zero-order chi connectivity index (χ0) is 36.0. The Morgan fingerprint density at radius 1 is 0.345 bits per heavy atom. The van der Waals surface area contributed by atoms with Crippen LogP contribution in [-0.4, -0.2) is 4.57 Å². The van der Waals surface area contributed by atoms with Crippen LogP contribution < -0.4 is 0 Å². The molecule has 1 aliphatic rings. The van der Waals surface area contributed by atoms with Crippen molar-refractivity contribution in [1.82, 2.24) is 4.57 Å². The van der Waals surface area contributed by atoms with Gasteiger partial charge in [-0.3, -0.25) is 0 Å².